The number of Topliss-reactive ketones (excluding diaryl/α,β-unsaturated/α-hetero) is 1. The predicted molar refractivity (Wildman–Crippen MR) is 114 cm³/mol. The highest BCUT2D eigenvalue weighted by Crippen LogP contribution is 2.42. The van der Waals surface area contributed by atoms with Crippen molar-refractivity contribution in [2.24, 2.45) is 0 Å². The minimum absolute atomic E-state index is 0.00557. The van der Waals surface area contributed by atoms with Crippen LogP contribution in [0.5, 0.6) is 5.75 Å². The maximum atomic E-state index is 12.9. The van der Waals surface area contributed by atoms with E-state index >= 15 is 0 Å². The van der Waals surface area contributed by atoms with Gasteiger partial charge in [-0.15, -0.1) is 0 Å². The normalized spacial score (nSPS) is 18.1. The van der Waals surface area contributed by atoms with Gasteiger partial charge in [0.25, 0.3) is 11.7 Å². The smallest absolute Gasteiger partial charge is 0.295 e. The number of likely N-dealkylation sites (tertiary alicyclic amines) is 1. The second-order valence-electron chi connectivity index (χ2n) is 6.58. The molecule has 8 heteroatoms. The molecule has 1 aliphatic heterocycles. The number of carbonyl (C=O) groups is 2. The van der Waals surface area contributed by atoms with Crippen LogP contribution in [-0.4, -0.2) is 60.3 Å². The van der Waals surface area contributed by atoms with E-state index in [4.69, 9.17) is 14.6 Å². The molecule has 30 heavy (non-hydrogen) atoms. The fourth-order valence-electron chi connectivity index (χ4n) is 3.42. The topological polar surface area (TPSA) is 96.3 Å². The number of hydrogen-bond donors (Lipinski definition) is 2. The van der Waals surface area contributed by atoms with Crippen LogP contribution in [0.15, 0.2) is 58.6 Å². The number of halogens is 1. The summed E-state index contributed by atoms with van der Waals surface area (Å²) in [5.41, 5.74) is 1.00. The van der Waals surface area contributed by atoms with Crippen molar-refractivity contribution < 1.29 is 29.3 Å². The molecule has 0 radical (unpaired) electrons. The lowest BCUT2D eigenvalue weighted by Crippen LogP contribution is -2.33. The van der Waals surface area contributed by atoms with Gasteiger partial charge in [-0.1, -0.05) is 46.3 Å². The minimum Gasteiger partial charge on any atom is -0.507 e. The van der Waals surface area contributed by atoms with Gasteiger partial charge in [-0.2, -0.15) is 0 Å². The minimum atomic E-state index is -0.831. The molecule has 1 atom stereocenters. The molecule has 7 nitrogen and oxygen atoms in total. The van der Waals surface area contributed by atoms with Crippen LogP contribution in [0.1, 0.15) is 17.2 Å². The van der Waals surface area contributed by atoms with Gasteiger partial charge < -0.3 is 24.6 Å². The summed E-state index contributed by atoms with van der Waals surface area (Å²) in [5.74, 6) is -1.26. The highest BCUT2D eigenvalue weighted by Gasteiger charge is 2.46. The summed E-state index contributed by atoms with van der Waals surface area (Å²) in [6.45, 7) is 0.239. The van der Waals surface area contributed by atoms with Crippen LogP contribution < -0.4 is 4.74 Å². The van der Waals surface area contributed by atoms with Gasteiger partial charge in [-0.3, -0.25) is 9.59 Å². The number of ketones is 1. The van der Waals surface area contributed by atoms with E-state index in [1.807, 2.05) is 0 Å². The van der Waals surface area contributed by atoms with E-state index in [0.29, 0.717) is 16.9 Å². The average Bonchev–Trinajstić information content (AvgIpc) is 3.01. The summed E-state index contributed by atoms with van der Waals surface area (Å²) in [6.07, 6.45) is 0. The van der Waals surface area contributed by atoms with Crippen LogP contribution in [0.3, 0.4) is 0 Å². The first kappa shape index (κ1) is 22.0. The third kappa shape index (κ3) is 4.40. The Labute approximate surface area is 182 Å². The molecule has 1 saturated heterocycles. The van der Waals surface area contributed by atoms with Crippen molar-refractivity contribution in [2.75, 3.05) is 33.5 Å². The van der Waals surface area contributed by atoms with Crippen LogP contribution in [0.4, 0.5) is 0 Å². The number of benzene rings is 2. The van der Waals surface area contributed by atoms with Crippen molar-refractivity contribution in [3.05, 3.63) is 69.7 Å². The molecule has 1 aliphatic rings. The van der Waals surface area contributed by atoms with E-state index < -0.39 is 17.7 Å². The van der Waals surface area contributed by atoms with Gasteiger partial charge in [0, 0.05) is 22.1 Å². The van der Waals surface area contributed by atoms with Gasteiger partial charge in [0.05, 0.1) is 38.5 Å². The largest absolute Gasteiger partial charge is 0.507 e. The summed E-state index contributed by atoms with van der Waals surface area (Å²) in [4.78, 5) is 27.1. The third-order valence-corrected chi connectivity index (χ3v) is 5.33. The molecule has 0 bridgehead atoms. The zero-order valence-electron chi connectivity index (χ0n) is 16.4. The number of aliphatic hydroxyl groups is 2. The van der Waals surface area contributed by atoms with Crippen molar-refractivity contribution >= 4 is 33.4 Å². The van der Waals surface area contributed by atoms with E-state index in [2.05, 4.69) is 15.9 Å². The van der Waals surface area contributed by atoms with Gasteiger partial charge in [0.2, 0.25) is 0 Å². The Morgan fingerprint density at radius 3 is 2.47 bits per heavy atom. The van der Waals surface area contributed by atoms with Crippen molar-refractivity contribution in [1.29, 1.82) is 0 Å². The highest BCUT2D eigenvalue weighted by atomic mass is 79.9. The lowest BCUT2D eigenvalue weighted by molar-refractivity contribution is -0.140. The Balaban J connectivity index is 2.11. The molecule has 2 N–H and O–H groups in total. The van der Waals surface area contributed by atoms with E-state index in [1.165, 1.54) is 12.0 Å². The van der Waals surface area contributed by atoms with Gasteiger partial charge in [-0.05, 0) is 18.2 Å². The molecule has 1 amide bonds. The number of amides is 1. The number of rotatable bonds is 8. The summed E-state index contributed by atoms with van der Waals surface area (Å²) in [7, 11) is 1.50. The maximum Gasteiger partial charge on any atom is 0.295 e. The number of methoxy groups -OCH3 is 1. The fraction of sp³-hybridized carbons (Fsp3) is 0.273. The summed E-state index contributed by atoms with van der Waals surface area (Å²) in [6, 6.07) is 13.0. The molecule has 1 unspecified atom stereocenters. The molecular formula is C22H22BrNO6. The SMILES string of the molecule is COc1ccccc1C1C(=C(O)c2ccc(Br)cc2)C(=O)C(=O)N1CCOCCO. The molecule has 0 aliphatic carbocycles. The third-order valence-electron chi connectivity index (χ3n) is 4.80. The molecule has 1 fully saturated rings. The number of aliphatic hydroxyl groups excluding tert-OH is 2. The molecule has 0 aromatic heterocycles. The Hall–Kier alpha value is -2.68. The van der Waals surface area contributed by atoms with E-state index in [0.717, 1.165) is 4.47 Å². The zero-order valence-corrected chi connectivity index (χ0v) is 18.0. The standard InChI is InChI=1S/C22H22BrNO6/c1-29-17-5-3-2-4-16(17)19-18(20(26)14-6-8-15(23)9-7-14)21(27)22(28)24(19)10-12-30-13-11-25/h2-9,19,25-26H,10-13H2,1H3. The second kappa shape index (κ2) is 9.88. The number of nitrogens with zero attached hydrogens (tertiary/aromatic N) is 1. The second-order valence-corrected chi connectivity index (χ2v) is 7.49. The van der Waals surface area contributed by atoms with Crippen LogP contribution in [0, 0.1) is 0 Å². The van der Waals surface area contributed by atoms with Crippen LogP contribution in [-0.2, 0) is 14.3 Å². The summed E-state index contributed by atoms with van der Waals surface area (Å²) in [5, 5.41) is 19.9. The first-order valence-electron chi connectivity index (χ1n) is 9.35. The fourth-order valence-corrected chi connectivity index (χ4v) is 3.68. The molecule has 158 valence electrons. The number of ether oxygens (including phenoxy) is 2. The lowest BCUT2D eigenvalue weighted by Gasteiger charge is -2.26. The van der Waals surface area contributed by atoms with Crippen molar-refractivity contribution in [2.45, 2.75) is 6.04 Å². The lowest BCUT2D eigenvalue weighted by atomic mass is 9.94. The summed E-state index contributed by atoms with van der Waals surface area (Å²) >= 11 is 3.34. The van der Waals surface area contributed by atoms with Crippen LogP contribution in [0.2, 0.25) is 0 Å². The maximum absolute atomic E-state index is 12.9. The molecular weight excluding hydrogens is 454 g/mol. The van der Waals surface area contributed by atoms with Crippen molar-refractivity contribution in [1.82, 2.24) is 4.90 Å². The molecule has 3 rings (SSSR count). The van der Waals surface area contributed by atoms with Gasteiger partial charge in [0.15, 0.2) is 0 Å². The first-order chi connectivity index (χ1) is 14.5. The Kier molecular flexibility index (Phi) is 7.25. The van der Waals surface area contributed by atoms with Gasteiger partial charge >= 0.3 is 0 Å². The zero-order chi connectivity index (χ0) is 21.7. The Morgan fingerprint density at radius 1 is 1.10 bits per heavy atom. The van der Waals surface area contributed by atoms with E-state index in [9.17, 15) is 14.7 Å². The van der Waals surface area contributed by atoms with Gasteiger partial charge in [0.1, 0.15) is 11.5 Å². The Morgan fingerprint density at radius 2 is 1.80 bits per heavy atom. The van der Waals surface area contributed by atoms with E-state index in [-0.39, 0.29) is 37.7 Å². The average molecular weight is 476 g/mol. The molecule has 0 saturated carbocycles. The van der Waals surface area contributed by atoms with Gasteiger partial charge in [-0.25, -0.2) is 0 Å². The molecule has 0 spiro atoms. The van der Waals surface area contributed by atoms with Crippen LogP contribution in [0.25, 0.3) is 5.76 Å². The highest BCUT2D eigenvalue weighted by molar-refractivity contribution is 9.10. The van der Waals surface area contributed by atoms with Crippen LogP contribution >= 0.6 is 15.9 Å². The number of carbonyl (C=O) groups excluding carboxylic acids is 2. The number of hydrogen-bond acceptors (Lipinski definition) is 6. The monoisotopic (exact) mass is 475 g/mol. The quantitative estimate of drug-likeness (QED) is 0.263. The Bertz CT molecular complexity index is 956. The summed E-state index contributed by atoms with van der Waals surface area (Å²) < 4.78 is 11.6. The first-order valence-corrected chi connectivity index (χ1v) is 10.1. The van der Waals surface area contributed by atoms with Crippen molar-refractivity contribution in [3.63, 3.8) is 0 Å². The predicted octanol–water partition coefficient (Wildman–Crippen LogP) is 2.89. The molecule has 2 aromatic rings. The molecule has 1 heterocycles. The molecule has 2 aromatic carbocycles. The van der Waals surface area contributed by atoms with E-state index in [1.54, 1.807) is 48.5 Å². The number of para-hydroxylation sites is 1. The van der Waals surface area contributed by atoms with Crippen molar-refractivity contribution in [3.8, 4) is 5.75 Å².